The molecule has 3 aromatic heterocycles. The first-order valence-corrected chi connectivity index (χ1v) is 16.4. The fourth-order valence-electron chi connectivity index (χ4n) is 6.97. The Labute approximate surface area is 277 Å². The number of halogens is 1. The molecule has 4 aromatic rings. The van der Waals surface area contributed by atoms with Crippen LogP contribution in [0.15, 0.2) is 47.5 Å². The van der Waals surface area contributed by atoms with Gasteiger partial charge in [-0.05, 0) is 74.2 Å². The minimum atomic E-state index is -0.585. The number of nitrogens with one attached hydrogen (secondary N) is 2. The van der Waals surface area contributed by atoms with E-state index in [2.05, 4.69) is 37.4 Å². The highest BCUT2D eigenvalue weighted by Gasteiger charge is 2.32. The summed E-state index contributed by atoms with van der Waals surface area (Å²) in [5.74, 6) is -0.399. The number of nitrogens with zero attached hydrogens (tertiary/aromatic N) is 6. The summed E-state index contributed by atoms with van der Waals surface area (Å²) in [5, 5.41) is 6.15. The Kier molecular flexibility index (Phi) is 8.46. The molecule has 0 spiro atoms. The Morgan fingerprint density at radius 3 is 2.62 bits per heavy atom. The van der Waals surface area contributed by atoms with Crippen LogP contribution in [0.25, 0.3) is 11.3 Å². The molecule has 1 fully saturated rings. The lowest BCUT2D eigenvalue weighted by atomic mass is 9.93. The van der Waals surface area contributed by atoms with Crippen LogP contribution in [0.1, 0.15) is 58.7 Å². The van der Waals surface area contributed by atoms with Crippen LogP contribution in [0.5, 0.6) is 0 Å². The van der Waals surface area contributed by atoms with Gasteiger partial charge in [0, 0.05) is 69.7 Å². The van der Waals surface area contributed by atoms with Crippen molar-refractivity contribution < 1.29 is 18.7 Å². The molecule has 1 unspecified atom stereocenters. The molecule has 0 bridgehead atoms. The molecule has 1 aromatic carbocycles. The lowest BCUT2D eigenvalue weighted by Gasteiger charge is -2.33. The zero-order valence-electron chi connectivity index (χ0n) is 27.4. The number of piperazine rings is 1. The summed E-state index contributed by atoms with van der Waals surface area (Å²) >= 11 is 0. The Balaban J connectivity index is 1.24. The van der Waals surface area contributed by atoms with E-state index in [9.17, 15) is 14.4 Å². The fraction of sp³-hybridized carbons (Fsp3) is 0.400. The summed E-state index contributed by atoms with van der Waals surface area (Å²) in [4.78, 5) is 52.3. The average molecular weight is 655 g/mol. The molecule has 13 heteroatoms. The van der Waals surface area contributed by atoms with Gasteiger partial charge in [-0.15, -0.1) is 0 Å². The van der Waals surface area contributed by atoms with Crippen molar-refractivity contribution in [3.05, 3.63) is 87.0 Å². The van der Waals surface area contributed by atoms with Crippen LogP contribution in [-0.4, -0.2) is 69.1 Å². The van der Waals surface area contributed by atoms with Gasteiger partial charge < -0.3 is 34.3 Å². The van der Waals surface area contributed by atoms with Gasteiger partial charge in [0.2, 0.25) is 0 Å². The molecule has 3 aliphatic rings. The van der Waals surface area contributed by atoms with Crippen LogP contribution in [0.2, 0.25) is 0 Å². The topological polar surface area (TPSA) is 127 Å². The van der Waals surface area contributed by atoms with E-state index >= 15 is 4.39 Å². The smallest absolute Gasteiger partial charge is 0.302 e. The zero-order valence-corrected chi connectivity index (χ0v) is 27.4. The van der Waals surface area contributed by atoms with Gasteiger partial charge in [0.25, 0.3) is 11.5 Å². The van der Waals surface area contributed by atoms with E-state index in [0.717, 1.165) is 63.4 Å². The van der Waals surface area contributed by atoms with E-state index in [1.54, 1.807) is 13.2 Å². The number of rotatable bonds is 7. The van der Waals surface area contributed by atoms with Crippen molar-refractivity contribution in [1.82, 2.24) is 29.3 Å². The highest BCUT2D eigenvalue weighted by molar-refractivity contribution is 5.94. The maximum absolute atomic E-state index is 15.5. The Bertz CT molecular complexity index is 1950. The lowest BCUT2D eigenvalue weighted by Crippen LogP contribution is -2.44. The Morgan fingerprint density at radius 2 is 1.88 bits per heavy atom. The summed E-state index contributed by atoms with van der Waals surface area (Å²) in [6.45, 7) is 5.22. The molecule has 1 atom stereocenters. The van der Waals surface area contributed by atoms with Crippen LogP contribution >= 0.6 is 0 Å². The number of hydrogen-bond acceptors (Lipinski definition) is 9. The van der Waals surface area contributed by atoms with E-state index in [1.165, 1.54) is 35.4 Å². The van der Waals surface area contributed by atoms with Gasteiger partial charge in [-0.1, -0.05) is 0 Å². The number of hydrogen-bond donors (Lipinski definition) is 2. The number of likely N-dealkylation sites (N-methyl/N-ethyl adjacent to an activating group) is 1. The van der Waals surface area contributed by atoms with Gasteiger partial charge in [-0.25, -0.2) is 14.4 Å². The number of pyridine rings is 1. The molecular weight excluding hydrogens is 615 g/mol. The van der Waals surface area contributed by atoms with Crippen molar-refractivity contribution in [3.63, 3.8) is 0 Å². The monoisotopic (exact) mass is 654 g/mol. The van der Waals surface area contributed by atoms with Crippen molar-refractivity contribution in [2.45, 2.75) is 51.8 Å². The number of fused-ring (bicyclic) bond motifs is 3. The number of benzene rings is 1. The third-order valence-electron chi connectivity index (χ3n) is 9.54. The second-order valence-electron chi connectivity index (χ2n) is 12.9. The highest BCUT2D eigenvalue weighted by atomic mass is 19.1. The van der Waals surface area contributed by atoms with E-state index in [1.807, 2.05) is 22.8 Å². The number of ether oxygens (including phenoxy) is 1. The summed E-state index contributed by atoms with van der Waals surface area (Å²) in [6.07, 6.45) is 7.14. The molecule has 0 saturated carbocycles. The van der Waals surface area contributed by atoms with Crippen molar-refractivity contribution in [3.8, 4) is 11.3 Å². The lowest BCUT2D eigenvalue weighted by molar-refractivity contribution is -0.142. The molecule has 5 heterocycles. The standard InChI is InChI=1S/C35H39FN8O4/c1-21(45)48-20-27-25(15-23(36)16-26(27)29-19-44-30-7-5-4-6-22(30)14-31(44)34(46)40-29)28-18-42(3)35(47)33(39-28)38-24-8-9-32(37-17-24)43-12-10-41(2)11-13-43/h8-9,14-18,29H,4-7,10-13,19-20H2,1-3H3,(H,38,39)(H,40,46). The fourth-order valence-corrected chi connectivity index (χ4v) is 6.97. The van der Waals surface area contributed by atoms with Gasteiger partial charge >= 0.3 is 5.97 Å². The normalized spacial score (nSPS) is 17.8. The first-order valence-electron chi connectivity index (χ1n) is 16.4. The number of aryl methyl sites for hydroxylation is 2. The maximum atomic E-state index is 15.5. The van der Waals surface area contributed by atoms with Crippen LogP contribution in [-0.2, 0) is 42.6 Å². The van der Waals surface area contributed by atoms with Crippen molar-refractivity contribution in [2.24, 2.45) is 7.05 Å². The van der Waals surface area contributed by atoms with E-state index < -0.39 is 17.8 Å². The third-order valence-corrected chi connectivity index (χ3v) is 9.54. The number of amides is 1. The minimum Gasteiger partial charge on any atom is -0.461 e. The second kappa shape index (κ2) is 12.9. The molecule has 250 valence electrons. The molecule has 1 aliphatic carbocycles. The van der Waals surface area contributed by atoms with Crippen molar-refractivity contribution >= 4 is 29.2 Å². The first-order chi connectivity index (χ1) is 23.1. The quantitative estimate of drug-likeness (QED) is 0.287. The highest BCUT2D eigenvalue weighted by Crippen LogP contribution is 2.36. The van der Waals surface area contributed by atoms with E-state index in [0.29, 0.717) is 40.3 Å². The summed E-state index contributed by atoms with van der Waals surface area (Å²) < 4.78 is 24.4. The van der Waals surface area contributed by atoms with Crippen LogP contribution in [0.4, 0.5) is 21.7 Å². The van der Waals surface area contributed by atoms with Crippen molar-refractivity contribution in [1.29, 1.82) is 0 Å². The molecular formula is C35H39FN8O4. The molecule has 2 N–H and O–H groups in total. The number of carbonyl (C=O) groups excluding carboxylic acids is 2. The van der Waals surface area contributed by atoms with Gasteiger partial charge in [-0.3, -0.25) is 14.4 Å². The van der Waals surface area contributed by atoms with Crippen LogP contribution in [0.3, 0.4) is 0 Å². The largest absolute Gasteiger partial charge is 0.461 e. The summed E-state index contributed by atoms with van der Waals surface area (Å²) in [7, 11) is 3.69. The third kappa shape index (κ3) is 6.17. The van der Waals surface area contributed by atoms with Crippen LogP contribution in [0, 0.1) is 5.82 Å². The molecule has 12 nitrogen and oxygen atoms in total. The maximum Gasteiger partial charge on any atom is 0.302 e. The van der Waals surface area contributed by atoms with E-state index in [4.69, 9.17) is 4.74 Å². The van der Waals surface area contributed by atoms with Crippen LogP contribution < -0.4 is 21.1 Å². The molecule has 7 rings (SSSR count). The Morgan fingerprint density at radius 1 is 1.08 bits per heavy atom. The number of anilines is 3. The summed E-state index contributed by atoms with van der Waals surface area (Å²) in [5.41, 5.74) is 4.76. The number of esters is 1. The molecule has 0 radical (unpaired) electrons. The van der Waals surface area contributed by atoms with E-state index in [-0.39, 0.29) is 23.9 Å². The average Bonchev–Trinajstić information content (AvgIpc) is 3.46. The minimum absolute atomic E-state index is 0.0305. The SMILES string of the molecule is CC(=O)OCc1c(-c2cn(C)c(=O)c(Nc3ccc(N4CCN(C)CC4)nc3)n2)cc(F)cc1C1Cn2c(cc3c2CCCC3)C(=O)N1. The zero-order chi connectivity index (χ0) is 33.5. The van der Waals surface area contributed by atoms with Gasteiger partial charge in [0.15, 0.2) is 5.82 Å². The molecule has 2 aliphatic heterocycles. The molecule has 1 saturated heterocycles. The van der Waals surface area contributed by atoms with Crippen molar-refractivity contribution in [2.75, 3.05) is 43.4 Å². The van der Waals surface area contributed by atoms with Gasteiger partial charge in [-0.2, -0.15) is 0 Å². The molecule has 1 amide bonds. The summed E-state index contributed by atoms with van der Waals surface area (Å²) in [6, 6.07) is 7.83. The number of aromatic nitrogens is 4. The first kappa shape index (κ1) is 31.6. The predicted molar refractivity (Wildman–Crippen MR) is 179 cm³/mol. The molecule has 48 heavy (non-hydrogen) atoms. The second-order valence-corrected chi connectivity index (χ2v) is 12.9. The Hall–Kier alpha value is -5.04. The predicted octanol–water partition coefficient (Wildman–Crippen LogP) is 3.70. The number of carbonyl (C=O) groups is 2. The van der Waals surface area contributed by atoms with Gasteiger partial charge in [0.1, 0.15) is 23.9 Å². The van der Waals surface area contributed by atoms with Gasteiger partial charge in [0.05, 0.1) is 23.6 Å².